The molecule has 2 heterocycles. The molecule has 1 fully saturated rings. The Morgan fingerprint density at radius 1 is 1.62 bits per heavy atom. The van der Waals surface area contributed by atoms with Crippen LogP contribution in [-0.4, -0.2) is 27.7 Å². The fourth-order valence-corrected chi connectivity index (χ4v) is 3.31. The number of ether oxygens (including phenoxy) is 1. The first-order valence-corrected chi connectivity index (χ1v) is 8.04. The van der Waals surface area contributed by atoms with Crippen molar-refractivity contribution in [1.82, 2.24) is 9.55 Å². The van der Waals surface area contributed by atoms with Gasteiger partial charge in [-0.2, -0.15) is 0 Å². The molecule has 0 amide bonds. The lowest BCUT2D eigenvalue weighted by atomic mass is 9.94. The van der Waals surface area contributed by atoms with Gasteiger partial charge in [0.2, 0.25) is 0 Å². The van der Waals surface area contributed by atoms with E-state index in [1.807, 2.05) is 28.3 Å². The van der Waals surface area contributed by atoms with E-state index in [1.54, 1.807) is 24.5 Å². The molecule has 0 spiro atoms. The van der Waals surface area contributed by atoms with Crippen molar-refractivity contribution in [2.24, 2.45) is 11.7 Å². The van der Waals surface area contributed by atoms with Gasteiger partial charge in [-0.05, 0) is 37.1 Å². The van der Waals surface area contributed by atoms with Crippen molar-refractivity contribution in [3.63, 3.8) is 0 Å². The molecule has 5 nitrogen and oxygen atoms in total. The van der Waals surface area contributed by atoms with Gasteiger partial charge in [-0.25, -0.2) is 9.78 Å². The summed E-state index contributed by atoms with van der Waals surface area (Å²) in [6.07, 6.45) is 5.59. The average molecular weight is 305 g/mol. The Kier molecular flexibility index (Phi) is 3.82. The zero-order valence-corrected chi connectivity index (χ0v) is 12.8. The Labute approximate surface area is 127 Å². The van der Waals surface area contributed by atoms with Crippen LogP contribution in [0.5, 0.6) is 0 Å². The van der Waals surface area contributed by atoms with Gasteiger partial charge < -0.3 is 15.0 Å². The average Bonchev–Trinajstić information content (AvgIpc) is 3.00. The Bertz CT molecular complexity index is 619. The fraction of sp³-hybridized carbons (Fsp3) is 0.467. The predicted molar refractivity (Wildman–Crippen MR) is 81.8 cm³/mol. The minimum absolute atomic E-state index is 0.204. The van der Waals surface area contributed by atoms with Crippen LogP contribution < -0.4 is 5.73 Å². The zero-order valence-electron chi connectivity index (χ0n) is 12.0. The second-order valence-electron chi connectivity index (χ2n) is 5.39. The number of rotatable bonds is 6. The van der Waals surface area contributed by atoms with Crippen LogP contribution in [0.2, 0.25) is 0 Å². The first-order chi connectivity index (χ1) is 10.1. The second-order valence-corrected chi connectivity index (χ2v) is 6.34. The van der Waals surface area contributed by atoms with Crippen LogP contribution in [0.3, 0.4) is 0 Å². The van der Waals surface area contributed by atoms with E-state index in [0.717, 1.165) is 23.5 Å². The normalized spacial score (nSPS) is 17.4. The third kappa shape index (κ3) is 2.73. The third-order valence-electron chi connectivity index (χ3n) is 3.85. The summed E-state index contributed by atoms with van der Waals surface area (Å²) >= 11 is 1.62. The number of esters is 1. The van der Waals surface area contributed by atoms with Gasteiger partial charge in [-0.1, -0.05) is 6.07 Å². The predicted octanol–water partition coefficient (Wildman–Crippen LogP) is 2.28. The van der Waals surface area contributed by atoms with Gasteiger partial charge in [-0.15, -0.1) is 11.3 Å². The topological polar surface area (TPSA) is 70.1 Å². The number of nitrogens with zero attached hydrogens (tertiary/aromatic N) is 2. The number of thiophene rings is 1. The lowest BCUT2D eigenvalue weighted by Gasteiger charge is -2.28. The van der Waals surface area contributed by atoms with Gasteiger partial charge in [0.25, 0.3) is 0 Å². The maximum atomic E-state index is 12.3. The highest BCUT2D eigenvalue weighted by atomic mass is 32.1. The van der Waals surface area contributed by atoms with Gasteiger partial charge in [0.05, 0.1) is 18.0 Å². The third-order valence-corrected chi connectivity index (χ3v) is 4.72. The molecule has 2 N–H and O–H groups in total. The maximum absolute atomic E-state index is 12.3. The molecule has 2 aromatic heterocycles. The van der Waals surface area contributed by atoms with E-state index < -0.39 is 5.54 Å². The molecule has 1 aliphatic rings. The van der Waals surface area contributed by atoms with Crippen LogP contribution in [0.25, 0.3) is 10.7 Å². The number of imidazole rings is 1. The number of nitrogens with two attached hydrogens (primary N) is 1. The highest BCUT2D eigenvalue weighted by Gasteiger charge is 2.49. The summed E-state index contributed by atoms with van der Waals surface area (Å²) < 4.78 is 7.15. The number of aromatic nitrogens is 2. The first-order valence-electron chi connectivity index (χ1n) is 7.16. The van der Waals surface area contributed by atoms with Crippen molar-refractivity contribution in [2.45, 2.75) is 31.8 Å². The minimum Gasteiger partial charge on any atom is -0.465 e. The van der Waals surface area contributed by atoms with Crippen LogP contribution in [0.4, 0.5) is 0 Å². The van der Waals surface area contributed by atoms with E-state index >= 15 is 0 Å². The molecule has 0 radical (unpaired) electrons. The summed E-state index contributed by atoms with van der Waals surface area (Å²) in [7, 11) is 0. The molecule has 0 bridgehead atoms. The molecule has 2 aromatic rings. The van der Waals surface area contributed by atoms with Crippen molar-refractivity contribution in [1.29, 1.82) is 0 Å². The number of hydrogen-bond donors (Lipinski definition) is 1. The smallest absolute Gasteiger partial charge is 0.328 e. The summed E-state index contributed by atoms with van der Waals surface area (Å²) in [5.74, 6) is 0.748. The molecule has 112 valence electrons. The molecule has 0 aliphatic heterocycles. The molecule has 0 saturated heterocycles. The summed E-state index contributed by atoms with van der Waals surface area (Å²) in [5.41, 5.74) is 5.47. The maximum Gasteiger partial charge on any atom is 0.328 e. The van der Waals surface area contributed by atoms with Crippen LogP contribution >= 0.6 is 11.3 Å². The lowest BCUT2D eigenvalue weighted by molar-refractivity contribution is -0.151. The number of carbonyl (C=O) groups is 1. The van der Waals surface area contributed by atoms with Gasteiger partial charge in [-0.3, -0.25) is 0 Å². The highest BCUT2D eigenvalue weighted by molar-refractivity contribution is 7.13. The summed E-state index contributed by atoms with van der Waals surface area (Å²) in [4.78, 5) is 17.8. The van der Waals surface area contributed by atoms with Crippen LogP contribution in [0.1, 0.15) is 19.8 Å². The fourth-order valence-electron chi connectivity index (χ4n) is 2.57. The van der Waals surface area contributed by atoms with Crippen molar-refractivity contribution in [2.75, 3.05) is 6.61 Å². The van der Waals surface area contributed by atoms with Gasteiger partial charge in [0.15, 0.2) is 0 Å². The molecule has 3 rings (SSSR count). The monoisotopic (exact) mass is 305 g/mol. The van der Waals surface area contributed by atoms with E-state index in [9.17, 15) is 4.79 Å². The molecule has 21 heavy (non-hydrogen) atoms. The van der Waals surface area contributed by atoms with Gasteiger partial charge in [0, 0.05) is 12.4 Å². The van der Waals surface area contributed by atoms with Crippen LogP contribution in [0.15, 0.2) is 29.9 Å². The van der Waals surface area contributed by atoms with E-state index in [4.69, 9.17) is 10.5 Å². The molecular weight excluding hydrogens is 286 g/mol. The summed E-state index contributed by atoms with van der Waals surface area (Å²) in [5, 5.41) is 2.01. The second kappa shape index (κ2) is 5.61. The van der Waals surface area contributed by atoms with Crippen LogP contribution in [-0.2, 0) is 16.1 Å². The lowest BCUT2D eigenvalue weighted by Crippen LogP contribution is -2.54. The standard InChI is InChI=1S/C15H19N3O2S/c1-2-20-14(19)15(16,11-5-6-11)10-18-8-7-17-13(18)12-4-3-9-21-12/h3-4,7-9,11H,2,5-6,10,16H2,1H3. The molecule has 0 aromatic carbocycles. The van der Waals surface area contributed by atoms with E-state index in [0.29, 0.717) is 13.2 Å². The molecule has 1 unspecified atom stereocenters. The van der Waals surface area contributed by atoms with Crippen molar-refractivity contribution in [3.8, 4) is 10.7 Å². The van der Waals surface area contributed by atoms with Gasteiger partial charge in [0.1, 0.15) is 11.4 Å². The molecule has 6 heteroatoms. The van der Waals surface area contributed by atoms with Crippen molar-refractivity contribution in [3.05, 3.63) is 29.9 Å². The van der Waals surface area contributed by atoms with E-state index in [-0.39, 0.29) is 11.9 Å². The number of hydrogen-bond acceptors (Lipinski definition) is 5. The summed E-state index contributed by atoms with van der Waals surface area (Å²) in [6, 6.07) is 4.00. The number of carbonyl (C=O) groups excluding carboxylic acids is 1. The van der Waals surface area contributed by atoms with Gasteiger partial charge >= 0.3 is 5.97 Å². The van der Waals surface area contributed by atoms with Crippen LogP contribution in [0, 0.1) is 5.92 Å². The summed E-state index contributed by atoms with van der Waals surface area (Å²) in [6.45, 7) is 2.56. The van der Waals surface area contributed by atoms with Crippen molar-refractivity contribution >= 4 is 17.3 Å². The van der Waals surface area contributed by atoms with E-state index in [1.165, 1.54) is 0 Å². The van der Waals surface area contributed by atoms with E-state index in [2.05, 4.69) is 4.98 Å². The minimum atomic E-state index is -0.956. The Hall–Kier alpha value is -1.66. The Morgan fingerprint density at radius 2 is 2.43 bits per heavy atom. The SMILES string of the molecule is CCOC(=O)C(N)(Cn1ccnc1-c1cccs1)C1CC1. The molecule has 1 aliphatic carbocycles. The quantitative estimate of drug-likeness (QED) is 0.831. The highest BCUT2D eigenvalue weighted by Crippen LogP contribution is 2.40. The Balaban J connectivity index is 1.87. The first kappa shape index (κ1) is 14.3. The molecule has 1 saturated carbocycles. The van der Waals surface area contributed by atoms with Crippen molar-refractivity contribution < 1.29 is 9.53 Å². The largest absolute Gasteiger partial charge is 0.465 e. The molecular formula is C15H19N3O2S. The Morgan fingerprint density at radius 3 is 3.05 bits per heavy atom. The molecule has 1 atom stereocenters. The zero-order chi connectivity index (χ0) is 14.9.